The predicted octanol–water partition coefficient (Wildman–Crippen LogP) is 4.08. The predicted molar refractivity (Wildman–Crippen MR) is 120 cm³/mol. The second-order valence-corrected chi connectivity index (χ2v) is 7.08. The number of rotatable bonds is 9. The number of nitrogens with one attached hydrogen (secondary N) is 1. The van der Waals surface area contributed by atoms with Crippen LogP contribution in [-0.4, -0.2) is 54.1 Å². The molecule has 8 heteroatoms. The molecular formula is C22H25N5O3. The van der Waals surface area contributed by atoms with Crippen LogP contribution >= 0.6 is 0 Å². The summed E-state index contributed by atoms with van der Waals surface area (Å²) in [6.45, 7) is 1.69. The quantitative estimate of drug-likeness (QED) is 0.324. The Labute approximate surface area is 175 Å². The average Bonchev–Trinajstić information content (AvgIpc) is 2.74. The summed E-state index contributed by atoms with van der Waals surface area (Å²) in [4.78, 5) is 22.0. The molecule has 0 radical (unpaired) electrons. The van der Waals surface area contributed by atoms with Gasteiger partial charge in [-0.3, -0.25) is 10.1 Å². The maximum absolute atomic E-state index is 11.2. The van der Waals surface area contributed by atoms with Gasteiger partial charge in [-0.05, 0) is 56.9 Å². The molecule has 0 saturated heterocycles. The molecule has 0 amide bonds. The van der Waals surface area contributed by atoms with E-state index in [9.17, 15) is 10.1 Å². The molecule has 2 aromatic carbocycles. The van der Waals surface area contributed by atoms with Crippen LogP contribution in [0.15, 0.2) is 42.5 Å². The van der Waals surface area contributed by atoms with Crippen LogP contribution in [0, 0.1) is 10.1 Å². The van der Waals surface area contributed by atoms with Crippen molar-refractivity contribution in [3.8, 4) is 5.75 Å². The Morgan fingerprint density at radius 1 is 1.13 bits per heavy atom. The number of nitrogens with zero attached hydrogens (tertiary/aromatic N) is 4. The molecule has 156 valence electrons. The average molecular weight is 407 g/mol. The van der Waals surface area contributed by atoms with E-state index in [-0.39, 0.29) is 5.69 Å². The second kappa shape index (κ2) is 9.80. The lowest BCUT2D eigenvalue weighted by Gasteiger charge is -2.12. The summed E-state index contributed by atoms with van der Waals surface area (Å²) < 4.78 is 5.17. The molecule has 0 spiro atoms. The van der Waals surface area contributed by atoms with E-state index in [0.717, 1.165) is 36.2 Å². The van der Waals surface area contributed by atoms with Crippen LogP contribution in [0.5, 0.6) is 5.75 Å². The van der Waals surface area contributed by atoms with E-state index >= 15 is 0 Å². The van der Waals surface area contributed by atoms with Gasteiger partial charge in [-0.1, -0.05) is 18.2 Å². The first-order valence-electron chi connectivity index (χ1n) is 9.63. The first-order chi connectivity index (χ1) is 14.5. The number of non-ortho nitro benzene ring substituents is 1. The zero-order valence-corrected chi connectivity index (χ0v) is 17.3. The van der Waals surface area contributed by atoms with Gasteiger partial charge < -0.3 is 15.0 Å². The summed E-state index contributed by atoms with van der Waals surface area (Å²) in [5.41, 5.74) is 1.51. The van der Waals surface area contributed by atoms with Gasteiger partial charge in [0.1, 0.15) is 11.6 Å². The Hall–Kier alpha value is -3.52. The Bertz CT molecular complexity index is 1050. The standard InChI is InChI=1S/C22H25N5O3/c1-26(2)14-4-13-23-22-19-11-8-17(27(28)29)15-20(19)24-21(25-22)12-7-16-5-9-18(30-3)10-6-16/h5-12,15H,4,13-14H2,1-3H3,(H,23,24,25)/b12-7+. The minimum Gasteiger partial charge on any atom is -0.497 e. The van der Waals surface area contributed by atoms with E-state index in [0.29, 0.717) is 17.2 Å². The van der Waals surface area contributed by atoms with Crippen molar-refractivity contribution in [3.05, 3.63) is 64.0 Å². The third-order valence-electron chi connectivity index (χ3n) is 4.52. The Kier molecular flexibility index (Phi) is 6.92. The van der Waals surface area contributed by atoms with Gasteiger partial charge in [0.2, 0.25) is 0 Å². The van der Waals surface area contributed by atoms with Crippen molar-refractivity contribution in [2.45, 2.75) is 6.42 Å². The number of methoxy groups -OCH3 is 1. The van der Waals surface area contributed by atoms with Gasteiger partial charge in [-0.15, -0.1) is 0 Å². The molecule has 8 nitrogen and oxygen atoms in total. The summed E-state index contributed by atoms with van der Waals surface area (Å²) in [5.74, 6) is 1.93. The van der Waals surface area contributed by atoms with Crippen molar-refractivity contribution in [2.24, 2.45) is 0 Å². The second-order valence-electron chi connectivity index (χ2n) is 7.08. The molecule has 1 N–H and O–H groups in total. The normalized spacial score (nSPS) is 11.3. The molecule has 3 rings (SSSR count). The summed E-state index contributed by atoms with van der Waals surface area (Å²) in [6.07, 6.45) is 4.64. The zero-order chi connectivity index (χ0) is 21.5. The van der Waals surface area contributed by atoms with Gasteiger partial charge in [0.15, 0.2) is 5.82 Å². The minimum absolute atomic E-state index is 0.00448. The van der Waals surface area contributed by atoms with E-state index in [4.69, 9.17) is 4.74 Å². The fraction of sp³-hybridized carbons (Fsp3) is 0.273. The number of fused-ring (bicyclic) bond motifs is 1. The largest absolute Gasteiger partial charge is 0.497 e. The zero-order valence-electron chi connectivity index (χ0n) is 17.3. The lowest BCUT2D eigenvalue weighted by Crippen LogP contribution is -2.17. The van der Waals surface area contributed by atoms with Crippen molar-refractivity contribution in [2.75, 3.05) is 39.6 Å². The Balaban J connectivity index is 1.91. The van der Waals surface area contributed by atoms with E-state index < -0.39 is 4.92 Å². The molecular weight excluding hydrogens is 382 g/mol. The van der Waals surface area contributed by atoms with E-state index in [1.54, 1.807) is 19.3 Å². The van der Waals surface area contributed by atoms with Crippen LogP contribution in [-0.2, 0) is 0 Å². The highest BCUT2D eigenvalue weighted by Crippen LogP contribution is 2.25. The SMILES string of the molecule is COc1ccc(/C=C/c2nc(NCCCN(C)C)c3ccc([N+](=O)[O-])cc3n2)cc1. The lowest BCUT2D eigenvalue weighted by atomic mass is 10.2. The highest BCUT2D eigenvalue weighted by Gasteiger charge is 2.12. The number of hydrogen-bond acceptors (Lipinski definition) is 7. The van der Waals surface area contributed by atoms with Crippen molar-refractivity contribution in [3.63, 3.8) is 0 Å². The lowest BCUT2D eigenvalue weighted by molar-refractivity contribution is -0.384. The first kappa shape index (κ1) is 21.2. The van der Waals surface area contributed by atoms with Crippen LogP contribution < -0.4 is 10.1 Å². The maximum atomic E-state index is 11.2. The molecule has 1 aromatic heterocycles. The molecule has 0 fully saturated rings. The molecule has 0 aliphatic heterocycles. The van der Waals surface area contributed by atoms with Gasteiger partial charge in [0, 0.05) is 24.1 Å². The summed E-state index contributed by atoms with van der Waals surface area (Å²) in [6, 6.07) is 12.3. The maximum Gasteiger partial charge on any atom is 0.271 e. The third-order valence-corrected chi connectivity index (χ3v) is 4.52. The topological polar surface area (TPSA) is 93.4 Å². The van der Waals surface area contributed by atoms with Gasteiger partial charge in [-0.2, -0.15) is 0 Å². The van der Waals surface area contributed by atoms with Crippen LogP contribution in [0.4, 0.5) is 11.5 Å². The summed E-state index contributed by atoms with van der Waals surface area (Å²) in [5, 5.41) is 15.3. The van der Waals surface area contributed by atoms with E-state index in [1.165, 1.54) is 12.1 Å². The summed E-state index contributed by atoms with van der Waals surface area (Å²) in [7, 11) is 5.68. The molecule has 0 unspecified atom stereocenters. The molecule has 0 aliphatic carbocycles. The van der Waals surface area contributed by atoms with E-state index in [1.807, 2.05) is 44.4 Å². The van der Waals surface area contributed by atoms with Crippen LogP contribution in [0.25, 0.3) is 23.1 Å². The number of ether oxygens (including phenoxy) is 1. The molecule has 3 aromatic rings. The number of benzene rings is 2. The smallest absolute Gasteiger partial charge is 0.271 e. The Morgan fingerprint density at radius 3 is 2.57 bits per heavy atom. The Morgan fingerprint density at radius 2 is 1.90 bits per heavy atom. The van der Waals surface area contributed by atoms with Crippen molar-refractivity contribution >= 4 is 34.6 Å². The monoisotopic (exact) mass is 407 g/mol. The van der Waals surface area contributed by atoms with Crippen LogP contribution in [0.1, 0.15) is 17.8 Å². The number of nitro groups is 1. The summed E-state index contributed by atoms with van der Waals surface area (Å²) >= 11 is 0. The van der Waals surface area contributed by atoms with Gasteiger partial charge >= 0.3 is 0 Å². The fourth-order valence-corrected chi connectivity index (χ4v) is 2.95. The molecule has 1 heterocycles. The third kappa shape index (κ3) is 5.51. The number of anilines is 1. The molecule has 0 aliphatic rings. The van der Waals surface area contributed by atoms with Crippen LogP contribution in [0.2, 0.25) is 0 Å². The molecule has 30 heavy (non-hydrogen) atoms. The first-order valence-corrected chi connectivity index (χ1v) is 9.63. The van der Waals surface area contributed by atoms with Gasteiger partial charge in [0.25, 0.3) is 5.69 Å². The molecule has 0 bridgehead atoms. The number of nitro benzene ring substituents is 1. The highest BCUT2D eigenvalue weighted by molar-refractivity contribution is 5.91. The van der Waals surface area contributed by atoms with Crippen LogP contribution in [0.3, 0.4) is 0 Å². The van der Waals surface area contributed by atoms with Gasteiger partial charge in [0.05, 0.1) is 17.5 Å². The molecule has 0 saturated carbocycles. The van der Waals surface area contributed by atoms with E-state index in [2.05, 4.69) is 20.2 Å². The number of aromatic nitrogens is 2. The van der Waals surface area contributed by atoms with Crippen molar-refractivity contribution < 1.29 is 9.66 Å². The fourth-order valence-electron chi connectivity index (χ4n) is 2.95. The van der Waals surface area contributed by atoms with Gasteiger partial charge in [-0.25, -0.2) is 9.97 Å². The minimum atomic E-state index is -0.418. The molecule has 0 atom stereocenters. The van der Waals surface area contributed by atoms with Crippen molar-refractivity contribution in [1.82, 2.24) is 14.9 Å². The van der Waals surface area contributed by atoms with Crippen molar-refractivity contribution in [1.29, 1.82) is 0 Å². The highest BCUT2D eigenvalue weighted by atomic mass is 16.6. The number of hydrogen-bond donors (Lipinski definition) is 1.